The quantitative estimate of drug-likeness (QED) is 0.166. The Balaban J connectivity index is 3.40. The maximum absolute atomic E-state index is 11.5. The number of carbonyl (C=O) groups is 2. The predicted molar refractivity (Wildman–Crippen MR) is 79.3 cm³/mol. The van der Waals surface area contributed by atoms with Gasteiger partial charge in [0.25, 0.3) is 0 Å². The van der Waals surface area contributed by atoms with Crippen LogP contribution >= 0.6 is 0 Å². The van der Waals surface area contributed by atoms with E-state index < -0.39 is 6.04 Å². The Labute approximate surface area is 129 Å². The monoisotopic (exact) mass is 316 g/mol. The fraction of sp³-hybridized carbons (Fsp3) is 0.846. The van der Waals surface area contributed by atoms with Crippen molar-refractivity contribution < 1.29 is 23.8 Å². The first-order valence-corrected chi connectivity index (χ1v) is 7.10. The molecule has 1 unspecified atom stereocenters. The highest BCUT2D eigenvalue weighted by Crippen LogP contribution is 1.97. The second-order valence-corrected chi connectivity index (χ2v) is 4.71. The summed E-state index contributed by atoms with van der Waals surface area (Å²) in [6, 6.07) is -0.491. The number of hydrogen-bond donors (Lipinski definition) is 1. The number of aldehydes is 1. The van der Waals surface area contributed by atoms with Gasteiger partial charge in [0.15, 0.2) is 0 Å². The molecular weight excluding hydrogens is 292 g/mol. The summed E-state index contributed by atoms with van der Waals surface area (Å²) in [6.45, 7) is 5.66. The van der Waals surface area contributed by atoms with Crippen LogP contribution in [0.4, 0.5) is 0 Å². The molecule has 126 valence electrons. The first-order valence-electron chi connectivity index (χ1n) is 7.10. The van der Waals surface area contributed by atoms with Crippen molar-refractivity contribution in [1.82, 2.24) is 5.32 Å². The lowest BCUT2D eigenvalue weighted by molar-refractivity contribution is -0.129. The Morgan fingerprint density at radius 3 is 2.32 bits per heavy atom. The molecule has 9 nitrogen and oxygen atoms in total. The lowest BCUT2D eigenvalue weighted by Crippen LogP contribution is -2.41. The van der Waals surface area contributed by atoms with Gasteiger partial charge in [-0.2, -0.15) is 0 Å². The van der Waals surface area contributed by atoms with Crippen LogP contribution in [-0.2, 0) is 23.8 Å². The van der Waals surface area contributed by atoms with Crippen LogP contribution in [0.25, 0.3) is 10.4 Å². The Kier molecular flexibility index (Phi) is 13.2. The van der Waals surface area contributed by atoms with Gasteiger partial charge in [-0.05, 0) is 11.4 Å². The number of amides is 1. The SMILES string of the molecule is CC(C)C(C=O)NC(=O)COCCOCCOCCN=[N+]=[N-]. The summed E-state index contributed by atoms with van der Waals surface area (Å²) in [5, 5.41) is 5.89. The van der Waals surface area contributed by atoms with Crippen molar-refractivity contribution in [3.63, 3.8) is 0 Å². The molecule has 0 rings (SSSR count). The first-order chi connectivity index (χ1) is 10.6. The van der Waals surface area contributed by atoms with Gasteiger partial charge in [0.1, 0.15) is 12.9 Å². The van der Waals surface area contributed by atoms with E-state index in [4.69, 9.17) is 19.7 Å². The van der Waals surface area contributed by atoms with Gasteiger partial charge in [-0.1, -0.05) is 19.0 Å². The molecule has 0 aliphatic heterocycles. The van der Waals surface area contributed by atoms with E-state index in [0.717, 1.165) is 0 Å². The van der Waals surface area contributed by atoms with Crippen LogP contribution in [-0.4, -0.2) is 64.4 Å². The van der Waals surface area contributed by atoms with Crippen molar-refractivity contribution >= 4 is 12.2 Å². The molecule has 9 heteroatoms. The average molecular weight is 316 g/mol. The molecule has 0 radical (unpaired) electrons. The summed E-state index contributed by atoms with van der Waals surface area (Å²) < 4.78 is 15.5. The average Bonchev–Trinajstić information content (AvgIpc) is 2.50. The number of carbonyl (C=O) groups excluding carboxylic acids is 2. The van der Waals surface area contributed by atoms with Crippen LogP contribution in [0.1, 0.15) is 13.8 Å². The minimum Gasteiger partial charge on any atom is -0.379 e. The molecule has 0 bridgehead atoms. The van der Waals surface area contributed by atoms with Crippen molar-refractivity contribution in [3.8, 4) is 0 Å². The Morgan fingerprint density at radius 1 is 1.18 bits per heavy atom. The number of hydrogen-bond acceptors (Lipinski definition) is 6. The highest BCUT2D eigenvalue weighted by atomic mass is 16.5. The first kappa shape index (κ1) is 20.3. The van der Waals surface area contributed by atoms with E-state index in [2.05, 4.69) is 15.3 Å². The number of ether oxygens (including phenoxy) is 3. The molecule has 22 heavy (non-hydrogen) atoms. The molecule has 0 saturated carbocycles. The minimum atomic E-state index is -0.491. The van der Waals surface area contributed by atoms with Crippen LogP contribution in [0.15, 0.2) is 5.11 Å². The normalized spacial score (nSPS) is 11.8. The van der Waals surface area contributed by atoms with Crippen molar-refractivity contribution in [2.24, 2.45) is 11.0 Å². The molecule has 0 aliphatic rings. The molecule has 0 spiro atoms. The van der Waals surface area contributed by atoms with E-state index in [1.165, 1.54) is 0 Å². The zero-order valence-corrected chi connectivity index (χ0v) is 13.1. The number of nitrogens with one attached hydrogen (secondary N) is 1. The third-order valence-corrected chi connectivity index (χ3v) is 2.57. The fourth-order valence-electron chi connectivity index (χ4n) is 1.34. The minimum absolute atomic E-state index is 0.0450. The molecule has 1 atom stereocenters. The van der Waals surface area contributed by atoms with E-state index in [1.54, 1.807) is 0 Å². The third-order valence-electron chi connectivity index (χ3n) is 2.57. The van der Waals surface area contributed by atoms with Gasteiger partial charge in [0.2, 0.25) is 5.91 Å². The van der Waals surface area contributed by atoms with E-state index in [-0.39, 0.29) is 25.0 Å². The lowest BCUT2D eigenvalue weighted by atomic mass is 10.1. The van der Waals surface area contributed by atoms with Gasteiger partial charge >= 0.3 is 0 Å². The topological polar surface area (TPSA) is 123 Å². The zero-order valence-electron chi connectivity index (χ0n) is 13.1. The van der Waals surface area contributed by atoms with E-state index >= 15 is 0 Å². The number of nitrogens with zero attached hydrogens (tertiary/aromatic N) is 3. The van der Waals surface area contributed by atoms with E-state index in [9.17, 15) is 9.59 Å². The summed E-state index contributed by atoms with van der Waals surface area (Å²) >= 11 is 0. The molecular formula is C13H24N4O5. The van der Waals surface area contributed by atoms with Gasteiger partial charge in [0, 0.05) is 11.5 Å². The van der Waals surface area contributed by atoms with Crippen molar-refractivity contribution in [2.45, 2.75) is 19.9 Å². The zero-order chi connectivity index (χ0) is 16.6. The Bertz CT molecular complexity index is 358. The van der Waals surface area contributed by atoms with Gasteiger partial charge in [-0.15, -0.1) is 0 Å². The maximum Gasteiger partial charge on any atom is 0.246 e. The van der Waals surface area contributed by atoms with E-state index in [0.29, 0.717) is 39.3 Å². The summed E-state index contributed by atoms with van der Waals surface area (Å²) in [5.41, 5.74) is 8.04. The maximum atomic E-state index is 11.5. The summed E-state index contributed by atoms with van der Waals surface area (Å²) in [7, 11) is 0. The summed E-state index contributed by atoms with van der Waals surface area (Å²) in [6.07, 6.45) is 0.716. The molecule has 0 heterocycles. The van der Waals surface area contributed by atoms with Gasteiger partial charge in [0.05, 0.1) is 39.1 Å². The van der Waals surface area contributed by atoms with Crippen LogP contribution in [0, 0.1) is 5.92 Å². The summed E-state index contributed by atoms with van der Waals surface area (Å²) in [4.78, 5) is 24.8. The van der Waals surface area contributed by atoms with Gasteiger partial charge < -0.3 is 24.3 Å². The molecule has 1 amide bonds. The smallest absolute Gasteiger partial charge is 0.246 e. The molecule has 0 aromatic carbocycles. The molecule has 0 fully saturated rings. The predicted octanol–water partition coefficient (Wildman–Crippen LogP) is 0.686. The Morgan fingerprint density at radius 2 is 1.77 bits per heavy atom. The van der Waals surface area contributed by atoms with Crippen molar-refractivity contribution in [2.75, 3.05) is 46.2 Å². The van der Waals surface area contributed by atoms with Crippen molar-refractivity contribution in [1.29, 1.82) is 0 Å². The van der Waals surface area contributed by atoms with Crippen LogP contribution in [0.2, 0.25) is 0 Å². The standard InChI is InChI=1S/C13H24N4O5/c1-11(2)12(9-18)16-13(19)10-22-8-7-21-6-5-20-4-3-15-17-14/h9,11-12H,3-8,10H2,1-2H3,(H,16,19). The van der Waals surface area contributed by atoms with Gasteiger partial charge in [-0.25, -0.2) is 0 Å². The molecule has 0 saturated heterocycles. The molecule has 0 aromatic rings. The highest BCUT2D eigenvalue weighted by Gasteiger charge is 2.14. The molecule has 0 aromatic heterocycles. The second kappa shape index (κ2) is 14.3. The largest absolute Gasteiger partial charge is 0.379 e. The lowest BCUT2D eigenvalue weighted by Gasteiger charge is -2.16. The summed E-state index contributed by atoms with van der Waals surface area (Å²) in [5.74, 6) is -0.282. The second-order valence-electron chi connectivity index (χ2n) is 4.71. The van der Waals surface area contributed by atoms with E-state index in [1.807, 2.05) is 13.8 Å². The van der Waals surface area contributed by atoms with Crippen molar-refractivity contribution in [3.05, 3.63) is 10.4 Å². The number of rotatable bonds is 14. The highest BCUT2D eigenvalue weighted by molar-refractivity contribution is 5.80. The Hall–Kier alpha value is -1.67. The molecule has 1 N–H and O–H groups in total. The van der Waals surface area contributed by atoms with Gasteiger partial charge in [-0.3, -0.25) is 4.79 Å². The third kappa shape index (κ3) is 12.1. The molecule has 0 aliphatic carbocycles. The number of azide groups is 1. The van der Waals surface area contributed by atoms with Crippen LogP contribution in [0.3, 0.4) is 0 Å². The fourth-order valence-corrected chi connectivity index (χ4v) is 1.34. The van der Waals surface area contributed by atoms with Crippen LogP contribution < -0.4 is 5.32 Å². The van der Waals surface area contributed by atoms with Crippen LogP contribution in [0.5, 0.6) is 0 Å².